The van der Waals surface area contributed by atoms with Crippen LogP contribution >= 0.6 is 0 Å². The summed E-state index contributed by atoms with van der Waals surface area (Å²) in [5.74, 6) is 0. The highest BCUT2D eigenvalue weighted by molar-refractivity contribution is 5.74. The normalized spacial score (nSPS) is 18.8. The van der Waals surface area contributed by atoms with Gasteiger partial charge in [-0.05, 0) is 23.3 Å². The Labute approximate surface area is 142 Å². The number of nitrogens with zero attached hydrogens (tertiary/aromatic N) is 1. The molecule has 0 saturated carbocycles. The second-order valence-corrected chi connectivity index (χ2v) is 6.11. The summed E-state index contributed by atoms with van der Waals surface area (Å²) >= 11 is 0. The number of likely N-dealkylation sites (N-methyl/N-ethyl adjacent to an activating group) is 1. The number of hydrogen-bond acceptors (Lipinski definition) is 3. The Hall–Kier alpha value is -2.53. The van der Waals surface area contributed by atoms with Crippen molar-refractivity contribution in [1.29, 1.82) is 0 Å². The average molecular weight is 325 g/mol. The Morgan fingerprint density at radius 3 is 2.67 bits per heavy atom. The quantitative estimate of drug-likeness (QED) is 0.789. The molecule has 2 amide bonds. The molecular weight excluding hydrogens is 302 g/mol. The van der Waals surface area contributed by atoms with Crippen LogP contribution in [0, 0.1) is 0 Å². The van der Waals surface area contributed by atoms with Crippen molar-refractivity contribution in [3.05, 3.63) is 65.7 Å². The van der Waals surface area contributed by atoms with Crippen molar-refractivity contribution in [3.8, 4) is 0 Å². The first-order valence-corrected chi connectivity index (χ1v) is 8.21. The highest BCUT2D eigenvalue weighted by atomic mass is 16.3. The van der Waals surface area contributed by atoms with Gasteiger partial charge in [0.25, 0.3) is 0 Å². The molecule has 5 heteroatoms. The van der Waals surface area contributed by atoms with Gasteiger partial charge in [-0.2, -0.15) is 0 Å². The van der Waals surface area contributed by atoms with Gasteiger partial charge in [0, 0.05) is 32.2 Å². The van der Waals surface area contributed by atoms with Crippen LogP contribution in [0.3, 0.4) is 0 Å². The first-order chi connectivity index (χ1) is 11.6. The van der Waals surface area contributed by atoms with Crippen molar-refractivity contribution >= 4 is 11.7 Å². The molecule has 0 heterocycles. The summed E-state index contributed by atoms with van der Waals surface area (Å²) in [5, 5.41) is 15.9. The monoisotopic (exact) mass is 325 g/mol. The second-order valence-electron chi connectivity index (χ2n) is 6.11. The van der Waals surface area contributed by atoms with E-state index in [-0.39, 0.29) is 12.1 Å². The number of fused-ring (bicyclic) bond motifs is 1. The van der Waals surface area contributed by atoms with Gasteiger partial charge in [0.2, 0.25) is 0 Å². The van der Waals surface area contributed by atoms with Crippen molar-refractivity contribution in [2.24, 2.45) is 0 Å². The molecule has 0 aliphatic heterocycles. The maximum atomic E-state index is 12.1. The molecule has 0 aromatic heterocycles. The van der Waals surface area contributed by atoms with Crippen LogP contribution in [0.1, 0.15) is 17.2 Å². The van der Waals surface area contributed by atoms with E-state index in [4.69, 9.17) is 0 Å². The number of nitrogens with one attached hydrogen (secondary N) is 2. The first kappa shape index (κ1) is 16.3. The van der Waals surface area contributed by atoms with Crippen LogP contribution in [0.5, 0.6) is 0 Å². The molecule has 0 radical (unpaired) electrons. The molecule has 5 nitrogen and oxygen atoms in total. The molecule has 2 aromatic carbocycles. The number of aliphatic hydroxyl groups excluding tert-OH is 1. The van der Waals surface area contributed by atoms with Gasteiger partial charge in [-0.1, -0.05) is 42.5 Å². The maximum Gasteiger partial charge on any atom is 0.315 e. The lowest BCUT2D eigenvalue weighted by Crippen LogP contribution is -2.43. The molecule has 3 rings (SSSR count). The van der Waals surface area contributed by atoms with Crippen LogP contribution < -0.4 is 15.5 Å². The van der Waals surface area contributed by atoms with E-state index >= 15 is 0 Å². The largest absolute Gasteiger partial charge is 0.390 e. The highest BCUT2D eigenvalue weighted by Gasteiger charge is 2.31. The van der Waals surface area contributed by atoms with Crippen LogP contribution in [0.25, 0.3) is 0 Å². The van der Waals surface area contributed by atoms with Gasteiger partial charge in [0.15, 0.2) is 0 Å². The SMILES string of the molecule is CN(CCNC(=O)NC1c2ccccc2CC1O)c1ccccc1. The van der Waals surface area contributed by atoms with Gasteiger partial charge < -0.3 is 20.6 Å². The summed E-state index contributed by atoms with van der Waals surface area (Å²) in [6.45, 7) is 1.24. The maximum absolute atomic E-state index is 12.1. The lowest BCUT2D eigenvalue weighted by atomic mass is 10.1. The molecule has 3 N–H and O–H groups in total. The molecule has 2 unspecified atom stereocenters. The van der Waals surface area contributed by atoms with Crippen LogP contribution in [0.2, 0.25) is 0 Å². The number of rotatable bonds is 5. The van der Waals surface area contributed by atoms with Gasteiger partial charge in [-0.25, -0.2) is 4.79 Å². The predicted molar refractivity (Wildman–Crippen MR) is 95.1 cm³/mol. The lowest BCUT2D eigenvalue weighted by Gasteiger charge is -2.21. The summed E-state index contributed by atoms with van der Waals surface area (Å²) in [7, 11) is 1.99. The minimum Gasteiger partial charge on any atom is -0.390 e. The summed E-state index contributed by atoms with van der Waals surface area (Å²) in [5.41, 5.74) is 3.21. The highest BCUT2D eigenvalue weighted by Crippen LogP contribution is 2.30. The number of anilines is 1. The van der Waals surface area contributed by atoms with E-state index in [9.17, 15) is 9.90 Å². The third kappa shape index (κ3) is 3.68. The summed E-state index contributed by atoms with van der Waals surface area (Å²) < 4.78 is 0. The topological polar surface area (TPSA) is 64.6 Å². The van der Waals surface area contributed by atoms with Gasteiger partial charge in [0.05, 0.1) is 12.1 Å². The molecule has 2 aromatic rings. The van der Waals surface area contributed by atoms with E-state index in [1.165, 1.54) is 0 Å². The van der Waals surface area contributed by atoms with E-state index < -0.39 is 6.10 Å². The fourth-order valence-electron chi connectivity index (χ4n) is 3.09. The van der Waals surface area contributed by atoms with Crippen LogP contribution in [-0.2, 0) is 6.42 Å². The molecule has 24 heavy (non-hydrogen) atoms. The van der Waals surface area contributed by atoms with Crippen molar-refractivity contribution in [3.63, 3.8) is 0 Å². The zero-order valence-corrected chi connectivity index (χ0v) is 13.8. The number of urea groups is 1. The Kier molecular flexibility index (Phi) is 5.01. The molecule has 1 aliphatic carbocycles. The smallest absolute Gasteiger partial charge is 0.315 e. The minimum absolute atomic E-state index is 0.253. The summed E-state index contributed by atoms with van der Waals surface area (Å²) in [6, 6.07) is 17.3. The number of benzene rings is 2. The number of carbonyl (C=O) groups is 1. The van der Waals surface area contributed by atoms with Crippen molar-refractivity contribution < 1.29 is 9.90 Å². The molecule has 0 fully saturated rings. The van der Waals surface area contributed by atoms with Gasteiger partial charge in [-0.15, -0.1) is 0 Å². The molecule has 0 saturated heterocycles. The summed E-state index contributed by atoms with van der Waals surface area (Å²) in [6.07, 6.45) is 0.0119. The zero-order chi connectivity index (χ0) is 16.9. The average Bonchev–Trinajstić information content (AvgIpc) is 2.91. The first-order valence-electron chi connectivity index (χ1n) is 8.21. The van der Waals surface area contributed by atoms with E-state index in [1.54, 1.807) is 0 Å². The fourth-order valence-corrected chi connectivity index (χ4v) is 3.09. The predicted octanol–water partition coefficient (Wildman–Crippen LogP) is 2.08. The molecule has 1 aliphatic rings. The molecule has 0 spiro atoms. The Morgan fingerprint density at radius 2 is 1.88 bits per heavy atom. The fraction of sp³-hybridized carbons (Fsp3) is 0.316. The van der Waals surface area contributed by atoms with Crippen molar-refractivity contribution in [1.82, 2.24) is 10.6 Å². The van der Waals surface area contributed by atoms with Gasteiger partial charge in [0.1, 0.15) is 0 Å². The lowest BCUT2D eigenvalue weighted by molar-refractivity contribution is 0.142. The number of amides is 2. The van der Waals surface area contributed by atoms with E-state index in [1.807, 2.05) is 61.6 Å². The van der Waals surface area contributed by atoms with Gasteiger partial charge in [-0.3, -0.25) is 0 Å². The Morgan fingerprint density at radius 1 is 1.17 bits per heavy atom. The van der Waals surface area contributed by atoms with Gasteiger partial charge >= 0.3 is 6.03 Å². The Balaban J connectivity index is 1.48. The number of hydrogen-bond donors (Lipinski definition) is 3. The molecule has 2 atom stereocenters. The van der Waals surface area contributed by atoms with Crippen molar-refractivity contribution in [2.75, 3.05) is 25.0 Å². The second kappa shape index (κ2) is 7.36. The molecular formula is C19H23N3O2. The number of carbonyl (C=O) groups excluding carboxylic acids is 1. The van der Waals surface area contributed by atoms with Crippen molar-refractivity contribution in [2.45, 2.75) is 18.6 Å². The number of aliphatic hydroxyl groups is 1. The third-order valence-electron chi connectivity index (χ3n) is 4.42. The number of para-hydroxylation sites is 1. The van der Waals surface area contributed by atoms with E-state index in [0.717, 1.165) is 16.8 Å². The zero-order valence-electron chi connectivity index (χ0n) is 13.8. The summed E-state index contributed by atoms with van der Waals surface area (Å²) in [4.78, 5) is 14.2. The standard InChI is InChI=1S/C19H23N3O2/c1-22(15-8-3-2-4-9-15)12-11-20-19(24)21-18-16-10-6-5-7-14(16)13-17(18)23/h2-10,17-18,23H,11-13H2,1H3,(H2,20,21,24). The molecule has 126 valence electrons. The van der Waals surface area contributed by atoms with Crippen LogP contribution in [0.15, 0.2) is 54.6 Å². The van der Waals surface area contributed by atoms with E-state index in [0.29, 0.717) is 19.5 Å². The van der Waals surface area contributed by atoms with Crippen LogP contribution in [-0.4, -0.2) is 37.4 Å². The van der Waals surface area contributed by atoms with E-state index in [2.05, 4.69) is 15.5 Å². The molecule has 0 bridgehead atoms. The third-order valence-corrected chi connectivity index (χ3v) is 4.42. The Bertz CT molecular complexity index is 690. The minimum atomic E-state index is -0.569. The van der Waals surface area contributed by atoms with Crippen LogP contribution in [0.4, 0.5) is 10.5 Å².